The van der Waals surface area contributed by atoms with Crippen LogP contribution in [0, 0.1) is 11.8 Å². The number of amides is 2. The molecule has 0 unspecified atom stereocenters. The van der Waals surface area contributed by atoms with E-state index in [0.717, 1.165) is 41.5 Å². The van der Waals surface area contributed by atoms with E-state index in [0.29, 0.717) is 37.4 Å². The molecule has 1 aliphatic carbocycles. The van der Waals surface area contributed by atoms with Crippen LogP contribution in [0.25, 0.3) is 10.9 Å². The Balaban J connectivity index is 1.29. The number of hydrogen-bond donors (Lipinski definition) is 2. The molecular weight excluding hydrogens is 468 g/mol. The minimum Gasteiger partial charge on any atom is -0.481 e. The molecule has 37 heavy (non-hydrogen) atoms. The maximum atomic E-state index is 13.5. The van der Waals surface area contributed by atoms with Gasteiger partial charge in [0.25, 0.3) is 5.91 Å². The molecule has 1 fully saturated rings. The molecule has 2 amide bonds. The molecule has 8 heteroatoms. The van der Waals surface area contributed by atoms with E-state index in [-0.39, 0.29) is 30.4 Å². The van der Waals surface area contributed by atoms with Gasteiger partial charge in [-0.3, -0.25) is 14.4 Å². The first-order valence-corrected chi connectivity index (χ1v) is 13.2. The Kier molecular flexibility index (Phi) is 5.89. The second-order valence-electron chi connectivity index (χ2n) is 10.6. The average Bonchev–Trinajstić information content (AvgIpc) is 3.24. The highest BCUT2D eigenvalue weighted by Gasteiger charge is 2.42. The van der Waals surface area contributed by atoms with Gasteiger partial charge in [-0.25, -0.2) is 0 Å². The number of aliphatic carboxylic acids is 1. The van der Waals surface area contributed by atoms with Crippen LogP contribution in [0.1, 0.15) is 53.5 Å². The second kappa shape index (κ2) is 9.25. The lowest BCUT2D eigenvalue weighted by atomic mass is 9.82. The highest BCUT2D eigenvalue weighted by Crippen LogP contribution is 2.44. The molecule has 3 aliphatic rings. The van der Waals surface area contributed by atoms with E-state index < -0.39 is 5.97 Å². The summed E-state index contributed by atoms with van der Waals surface area (Å²) in [7, 11) is 2.02. The molecule has 8 nitrogen and oxygen atoms in total. The van der Waals surface area contributed by atoms with E-state index in [1.54, 1.807) is 0 Å². The normalized spacial score (nSPS) is 22.8. The smallest absolute Gasteiger partial charge is 0.306 e. The number of benzene rings is 2. The summed E-state index contributed by atoms with van der Waals surface area (Å²) < 4.78 is 2.09. The molecule has 0 radical (unpaired) electrons. The molecule has 2 aromatic carbocycles. The minimum atomic E-state index is -0.713. The fraction of sp³-hybridized carbons (Fsp3) is 0.414. The van der Waals surface area contributed by atoms with Crippen molar-refractivity contribution in [3.05, 3.63) is 65.4 Å². The van der Waals surface area contributed by atoms with Crippen LogP contribution < -0.4 is 10.2 Å². The summed E-state index contributed by atoms with van der Waals surface area (Å²) in [6, 6.07) is 15.9. The van der Waals surface area contributed by atoms with Crippen molar-refractivity contribution < 1.29 is 19.5 Å². The fourth-order valence-corrected chi connectivity index (χ4v) is 6.55. The number of nitrogens with one attached hydrogen (secondary N) is 1. The van der Waals surface area contributed by atoms with Gasteiger partial charge in [0.1, 0.15) is 12.7 Å². The number of carboxylic acids is 1. The topological polar surface area (TPSA) is 94.9 Å². The van der Waals surface area contributed by atoms with Gasteiger partial charge in [-0.2, -0.15) is 0 Å². The van der Waals surface area contributed by atoms with Gasteiger partial charge in [0.05, 0.1) is 22.9 Å². The number of carbonyl (C=O) groups is 3. The third-order valence-electron chi connectivity index (χ3n) is 8.49. The summed E-state index contributed by atoms with van der Waals surface area (Å²) in [6.45, 7) is 1.37. The van der Waals surface area contributed by atoms with E-state index in [4.69, 9.17) is 0 Å². The number of fused-ring (bicyclic) bond motifs is 6. The summed E-state index contributed by atoms with van der Waals surface area (Å²) in [5, 5.41) is 13.5. The third-order valence-corrected chi connectivity index (χ3v) is 8.49. The van der Waals surface area contributed by atoms with Gasteiger partial charge in [-0.05, 0) is 61.8 Å². The van der Waals surface area contributed by atoms with E-state index in [9.17, 15) is 19.5 Å². The van der Waals surface area contributed by atoms with Crippen molar-refractivity contribution in [1.29, 1.82) is 0 Å². The lowest BCUT2D eigenvalue weighted by Gasteiger charge is -2.46. The number of para-hydroxylation sites is 2. The lowest BCUT2D eigenvalue weighted by Crippen LogP contribution is -2.51. The van der Waals surface area contributed by atoms with Crippen molar-refractivity contribution in [2.24, 2.45) is 11.8 Å². The Labute approximate surface area is 215 Å². The molecule has 2 aliphatic heterocycles. The standard InChI is InChI=1S/C29H32N4O4/c1-31-23-8-4-3-7-22(23)28(35)32-15-14-21-20-6-2-5-9-24(20)33(26(21)27(31)32)17-25(34)30-16-18-10-12-19(13-11-18)29(36)37/h2-9,18-19,27H,10-17H2,1H3,(H,30,34)(H,36,37)/t18?,19?,27-/m1/s1. The summed E-state index contributed by atoms with van der Waals surface area (Å²) in [5.41, 5.74) is 4.83. The molecule has 0 spiro atoms. The first-order valence-electron chi connectivity index (χ1n) is 13.2. The van der Waals surface area contributed by atoms with Gasteiger partial charge in [0.2, 0.25) is 5.91 Å². The van der Waals surface area contributed by atoms with E-state index in [2.05, 4.69) is 26.9 Å². The predicted molar refractivity (Wildman–Crippen MR) is 140 cm³/mol. The van der Waals surface area contributed by atoms with Crippen LogP contribution in [0.4, 0.5) is 5.69 Å². The van der Waals surface area contributed by atoms with Crippen LogP contribution in [0.3, 0.4) is 0 Å². The lowest BCUT2D eigenvalue weighted by molar-refractivity contribution is -0.143. The maximum absolute atomic E-state index is 13.5. The molecule has 0 bridgehead atoms. The van der Waals surface area contributed by atoms with Crippen LogP contribution in [0.2, 0.25) is 0 Å². The Morgan fingerprint density at radius 2 is 1.76 bits per heavy atom. The predicted octanol–water partition coefficient (Wildman–Crippen LogP) is 3.80. The van der Waals surface area contributed by atoms with Crippen molar-refractivity contribution >= 4 is 34.4 Å². The highest BCUT2D eigenvalue weighted by atomic mass is 16.4. The number of nitrogens with zero attached hydrogens (tertiary/aromatic N) is 3. The zero-order chi connectivity index (χ0) is 25.7. The molecule has 192 valence electrons. The largest absolute Gasteiger partial charge is 0.481 e. The number of rotatable bonds is 5. The molecule has 1 atom stereocenters. The summed E-state index contributed by atoms with van der Waals surface area (Å²) in [5.74, 6) is -0.694. The average molecular weight is 501 g/mol. The molecule has 6 rings (SSSR count). The molecule has 1 saturated carbocycles. The fourth-order valence-electron chi connectivity index (χ4n) is 6.55. The Hall–Kier alpha value is -3.81. The number of carbonyl (C=O) groups excluding carboxylic acids is 2. The van der Waals surface area contributed by atoms with Gasteiger partial charge in [0, 0.05) is 31.0 Å². The van der Waals surface area contributed by atoms with Crippen molar-refractivity contribution in [2.75, 3.05) is 25.0 Å². The van der Waals surface area contributed by atoms with Crippen LogP contribution in [0.5, 0.6) is 0 Å². The highest BCUT2D eigenvalue weighted by molar-refractivity contribution is 6.02. The van der Waals surface area contributed by atoms with E-state index in [1.165, 1.54) is 5.56 Å². The molecule has 0 saturated heterocycles. The third kappa shape index (κ3) is 3.95. The van der Waals surface area contributed by atoms with Gasteiger partial charge in [-0.15, -0.1) is 0 Å². The number of anilines is 1. The number of aromatic nitrogens is 1. The maximum Gasteiger partial charge on any atom is 0.306 e. The van der Waals surface area contributed by atoms with E-state index >= 15 is 0 Å². The van der Waals surface area contributed by atoms with Gasteiger partial charge in [0.15, 0.2) is 0 Å². The molecule has 3 heterocycles. The zero-order valence-electron chi connectivity index (χ0n) is 21.0. The minimum absolute atomic E-state index is 0.0302. The molecule has 1 aromatic heterocycles. The van der Waals surface area contributed by atoms with E-state index in [1.807, 2.05) is 48.3 Å². The van der Waals surface area contributed by atoms with Crippen molar-refractivity contribution in [3.63, 3.8) is 0 Å². The van der Waals surface area contributed by atoms with Crippen molar-refractivity contribution in [2.45, 2.75) is 44.8 Å². The van der Waals surface area contributed by atoms with Gasteiger partial charge >= 0.3 is 5.97 Å². The van der Waals surface area contributed by atoms with Crippen LogP contribution in [0.15, 0.2) is 48.5 Å². The first-order chi connectivity index (χ1) is 17.9. The molecular formula is C29H32N4O4. The Bertz CT molecular complexity index is 1390. The first kappa shape index (κ1) is 23.6. The SMILES string of the molecule is CN1c2ccccc2C(=O)N2CCc3c(n(CC(=O)NCC4CCC(C(=O)O)CC4)c4ccccc34)[C@@H]21. The number of carboxylic acid groups (broad SMARTS) is 1. The number of hydrogen-bond acceptors (Lipinski definition) is 4. The Morgan fingerprint density at radius 1 is 1.03 bits per heavy atom. The second-order valence-corrected chi connectivity index (χ2v) is 10.6. The quantitative estimate of drug-likeness (QED) is 0.556. The summed E-state index contributed by atoms with van der Waals surface area (Å²) >= 11 is 0. The van der Waals surface area contributed by atoms with Crippen LogP contribution in [-0.4, -0.2) is 52.5 Å². The summed E-state index contributed by atoms with van der Waals surface area (Å²) in [6.07, 6.45) is 3.45. The summed E-state index contributed by atoms with van der Waals surface area (Å²) in [4.78, 5) is 42.0. The molecule has 3 aromatic rings. The molecule has 2 N–H and O–H groups in total. The van der Waals surface area contributed by atoms with Crippen molar-refractivity contribution in [3.8, 4) is 0 Å². The zero-order valence-corrected chi connectivity index (χ0v) is 21.0. The van der Waals surface area contributed by atoms with Crippen LogP contribution in [-0.2, 0) is 22.6 Å². The van der Waals surface area contributed by atoms with Crippen molar-refractivity contribution in [1.82, 2.24) is 14.8 Å². The van der Waals surface area contributed by atoms with Crippen LogP contribution >= 0.6 is 0 Å². The monoisotopic (exact) mass is 500 g/mol. The van der Waals surface area contributed by atoms with Gasteiger partial charge < -0.3 is 24.8 Å². The Morgan fingerprint density at radius 3 is 2.54 bits per heavy atom. The van der Waals surface area contributed by atoms with Gasteiger partial charge in [-0.1, -0.05) is 30.3 Å².